The Morgan fingerprint density at radius 3 is 2.68 bits per heavy atom. The third kappa shape index (κ3) is 7.61. The Balaban J connectivity index is 0.00000441. The molecule has 0 unspecified atom stereocenters. The van der Waals surface area contributed by atoms with Crippen LogP contribution in [0.4, 0.5) is 4.39 Å². The molecule has 0 aliphatic rings. The molecule has 1 rings (SSSR count). The maximum atomic E-state index is 13.0. The van der Waals surface area contributed by atoms with Gasteiger partial charge in [-0.25, -0.2) is 4.39 Å². The molecule has 1 aromatic rings. The van der Waals surface area contributed by atoms with Crippen molar-refractivity contribution in [3.63, 3.8) is 0 Å². The number of halogens is 2. The Labute approximate surface area is 138 Å². The van der Waals surface area contributed by atoms with Crippen molar-refractivity contribution < 1.29 is 13.9 Å². The fourth-order valence-corrected chi connectivity index (χ4v) is 1.96. The summed E-state index contributed by atoms with van der Waals surface area (Å²) in [5.74, 6) is 0.228. The van der Waals surface area contributed by atoms with E-state index in [1.807, 2.05) is 13.8 Å². The zero-order valence-electron chi connectivity index (χ0n) is 13.5. The molecule has 22 heavy (non-hydrogen) atoms. The van der Waals surface area contributed by atoms with E-state index in [4.69, 9.17) is 10.5 Å². The summed E-state index contributed by atoms with van der Waals surface area (Å²) in [6.07, 6.45) is 1.01. The number of benzene rings is 1. The largest absolute Gasteiger partial charge is 0.493 e. The maximum Gasteiger partial charge on any atom is 0.222 e. The summed E-state index contributed by atoms with van der Waals surface area (Å²) in [5.41, 5.74) is 5.58. The SMILES string of the molecule is CN(CC(C)(C)CN)C(=O)CCCOc1cccc(F)c1.Cl. The number of carbonyl (C=O) groups excluding carboxylic acids is 1. The van der Waals surface area contributed by atoms with Crippen molar-refractivity contribution in [2.24, 2.45) is 11.1 Å². The van der Waals surface area contributed by atoms with Crippen molar-refractivity contribution in [3.8, 4) is 5.75 Å². The van der Waals surface area contributed by atoms with Crippen LogP contribution >= 0.6 is 12.4 Å². The summed E-state index contributed by atoms with van der Waals surface area (Å²) in [7, 11) is 1.78. The molecular weight excluding hydrogens is 307 g/mol. The third-order valence-corrected chi connectivity index (χ3v) is 3.24. The van der Waals surface area contributed by atoms with Crippen molar-refractivity contribution >= 4 is 18.3 Å². The molecule has 0 bridgehead atoms. The highest BCUT2D eigenvalue weighted by Crippen LogP contribution is 2.15. The number of rotatable bonds is 8. The molecule has 0 fully saturated rings. The van der Waals surface area contributed by atoms with Gasteiger partial charge in [0.15, 0.2) is 0 Å². The minimum Gasteiger partial charge on any atom is -0.493 e. The Kier molecular flexibility index (Phi) is 9.06. The number of hydrogen-bond acceptors (Lipinski definition) is 3. The highest BCUT2D eigenvalue weighted by molar-refractivity contribution is 5.85. The van der Waals surface area contributed by atoms with E-state index >= 15 is 0 Å². The predicted octanol–water partition coefficient (Wildman–Crippen LogP) is 2.85. The van der Waals surface area contributed by atoms with Crippen molar-refractivity contribution in [3.05, 3.63) is 30.1 Å². The fourth-order valence-electron chi connectivity index (χ4n) is 1.96. The van der Waals surface area contributed by atoms with Gasteiger partial charge in [0.05, 0.1) is 6.61 Å². The van der Waals surface area contributed by atoms with Gasteiger partial charge in [0, 0.05) is 26.1 Å². The second kappa shape index (κ2) is 9.64. The summed E-state index contributed by atoms with van der Waals surface area (Å²) < 4.78 is 18.4. The van der Waals surface area contributed by atoms with Crippen molar-refractivity contribution in [1.82, 2.24) is 4.90 Å². The molecular formula is C16H26ClFN2O2. The molecule has 0 radical (unpaired) electrons. The van der Waals surface area contributed by atoms with Gasteiger partial charge < -0.3 is 15.4 Å². The van der Waals surface area contributed by atoms with E-state index in [9.17, 15) is 9.18 Å². The Bertz CT molecular complexity index is 469. The van der Waals surface area contributed by atoms with Crippen LogP contribution in [0, 0.1) is 11.2 Å². The van der Waals surface area contributed by atoms with Crippen LogP contribution in [0.2, 0.25) is 0 Å². The second-order valence-electron chi connectivity index (χ2n) is 6.03. The van der Waals surface area contributed by atoms with Gasteiger partial charge in [0.2, 0.25) is 5.91 Å². The van der Waals surface area contributed by atoms with E-state index in [1.54, 1.807) is 24.1 Å². The van der Waals surface area contributed by atoms with Crippen LogP contribution in [0.3, 0.4) is 0 Å². The number of ether oxygens (including phenoxy) is 1. The average Bonchev–Trinajstić information content (AvgIpc) is 2.43. The molecule has 0 spiro atoms. The van der Waals surface area contributed by atoms with E-state index < -0.39 is 0 Å². The van der Waals surface area contributed by atoms with Crippen LogP contribution in [-0.4, -0.2) is 37.6 Å². The van der Waals surface area contributed by atoms with Crippen molar-refractivity contribution in [2.75, 3.05) is 26.7 Å². The van der Waals surface area contributed by atoms with E-state index in [0.29, 0.717) is 38.3 Å². The first-order chi connectivity index (χ1) is 9.84. The molecule has 0 saturated carbocycles. The predicted molar refractivity (Wildman–Crippen MR) is 88.8 cm³/mol. The molecule has 2 N–H and O–H groups in total. The number of amides is 1. The molecule has 1 aromatic carbocycles. The molecule has 0 atom stereocenters. The standard InChI is InChI=1S/C16H25FN2O2.ClH/c1-16(2,11-18)12-19(3)15(20)8-5-9-21-14-7-4-6-13(17)10-14;/h4,6-7,10H,5,8-9,11-12,18H2,1-3H3;1H. The monoisotopic (exact) mass is 332 g/mol. The lowest BCUT2D eigenvalue weighted by molar-refractivity contribution is -0.131. The first-order valence-electron chi connectivity index (χ1n) is 7.16. The molecule has 126 valence electrons. The summed E-state index contributed by atoms with van der Waals surface area (Å²) in [5, 5.41) is 0. The van der Waals surface area contributed by atoms with E-state index in [1.165, 1.54) is 12.1 Å². The van der Waals surface area contributed by atoms with E-state index in [2.05, 4.69) is 0 Å². The normalized spacial score (nSPS) is 10.8. The molecule has 0 aliphatic heterocycles. The molecule has 1 amide bonds. The highest BCUT2D eigenvalue weighted by atomic mass is 35.5. The smallest absolute Gasteiger partial charge is 0.222 e. The van der Waals surface area contributed by atoms with Crippen LogP contribution < -0.4 is 10.5 Å². The maximum absolute atomic E-state index is 13.0. The van der Waals surface area contributed by atoms with Gasteiger partial charge in [0.25, 0.3) is 0 Å². The zero-order valence-corrected chi connectivity index (χ0v) is 14.3. The average molecular weight is 333 g/mol. The summed E-state index contributed by atoms with van der Waals surface area (Å²) in [4.78, 5) is 13.7. The van der Waals surface area contributed by atoms with Gasteiger partial charge >= 0.3 is 0 Å². The van der Waals surface area contributed by atoms with Gasteiger partial charge in [-0.05, 0) is 30.5 Å². The Morgan fingerprint density at radius 1 is 1.41 bits per heavy atom. The Hall–Kier alpha value is -1.33. The van der Waals surface area contributed by atoms with Crippen molar-refractivity contribution in [2.45, 2.75) is 26.7 Å². The van der Waals surface area contributed by atoms with Gasteiger partial charge in [-0.15, -0.1) is 12.4 Å². The topological polar surface area (TPSA) is 55.6 Å². The first kappa shape index (κ1) is 20.7. The van der Waals surface area contributed by atoms with Gasteiger partial charge in [-0.2, -0.15) is 0 Å². The van der Waals surface area contributed by atoms with Crippen molar-refractivity contribution in [1.29, 1.82) is 0 Å². The van der Waals surface area contributed by atoms with Crippen LogP contribution in [0.1, 0.15) is 26.7 Å². The number of carbonyl (C=O) groups is 1. The fraction of sp³-hybridized carbons (Fsp3) is 0.562. The van der Waals surface area contributed by atoms with Crippen LogP contribution in [0.15, 0.2) is 24.3 Å². The zero-order chi connectivity index (χ0) is 15.9. The lowest BCUT2D eigenvalue weighted by atomic mass is 9.93. The third-order valence-electron chi connectivity index (χ3n) is 3.24. The van der Waals surface area contributed by atoms with Gasteiger partial charge in [0.1, 0.15) is 11.6 Å². The number of hydrogen-bond donors (Lipinski definition) is 1. The lowest BCUT2D eigenvalue weighted by Crippen LogP contribution is -2.39. The molecule has 0 saturated heterocycles. The van der Waals surface area contributed by atoms with Gasteiger partial charge in [-0.3, -0.25) is 4.79 Å². The highest BCUT2D eigenvalue weighted by Gasteiger charge is 2.20. The first-order valence-corrected chi connectivity index (χ1v) is 7.16. The summed E-state index contributed by atoms with van der Waals surface area (Å²) >= 11 is 0. The van der Waals surface area contributed by atoms with Crippen LogP contribution in [0.5, 0.6) is 5.75 Å². The lowest BCUT2D eigenvalue weighted by Gasteiger charge is -2.29. The van der Waals surface area contributed by atoms with Crippen LogP contribution in [-0.2, 0) is 4.79 Å². The Morgan fingerprint density at radius 2 is 2.09 bits per heavy atom. The van der Waals surface area contributed by atoms with Gasteiger partial charge in [-0.1, -0.05) is 19.9 Å². The van der Waals surface area contributed by atoms with E-state index in [-0.39, 0.29) is 29.5 Å². The minimum atomic E-state index is -0.327. The minimum absolute atomic E-state index is 0. The summed E-state index contributed by atoms with van der Waals surface area (Å²) in [6, 6.07) is 5.99. The quantitative estimate of drug-likeness (QED) is 0.745. The summed E-state index contributed by atoms with van der Waals surface area (Å²) in [6.45, 7) is 5.62. The number of nitrogens with two attached hydrogens (primary N) is 1. The molecule has 0 aromatic heterocycles. The van der Waals surface area contributed by atoms with Crippen LogP contribution in [0.25, 0.3) is 0 Å². The number of nitrogens with zero attached hydrogens (tertiary/aromatic N) is 1. The second-order valence-corrected chi connectivity index (χ2v) is 6.03. The van der Waals surface area contributed by atoms with E-state index in [0.717, 1.165) is 0 Å². The molecule has 6 heteroatoms. The molecule has 0 heterocycles. The molecule has 0 aliphatic carbocycles. The molecule has 4 nitrogen and oxygen atoms in total.